The maximum absolute atomic E-state index is 12.5. The Kier molecular flexibility index (Phi) is 5.78. The van der Waals surface area contributed by atoms with Crippen molar-refractivity contribution in [3.63, 3.8) is 0 Å². The van der Waals surface area contributed by atoms with Crippen LogP contribution in [0.5, 0.6) is 0 Å². The van der Waals surface area contributed by atoms with E-state index in [1.54, 1.807) is 43.6 Å². The van der Waals surface area contributed by atoms with Crippen LogP contribution < -0.4 is 5.32 Å². The van der Waals surface area contributed by atoms with Crippen LogP contribution in [-0.4, -0.2) is 25.6 Å². The predicted octanol–water partition coefficient (Wildman–Crippen LogP) is 4.55. The van der Waals surface area contributed by atoms with Crippen LogP contribution in [0.25, 0.3) is 5.69 Å². The third-order valence-electron chi connectivity index (χ3n) is 3.70. The average molecular weight is 403 g/mol. The number of nitro benzene ring substituents is 1. The number of benzene rings is 2. The lowest BCUT2D eigenvalue weighted by Crippen LogP contribution is -2.23. The monoisotopic (exact) mass is 402 g/mol. The number of thioether (sulfide) groups is 1. The minimum absolute atomic E-state index is 0.150. The molecule has 1 N–H and O–H groups in total. The van der Waals surface area contributed by atoms with Gasteiger partial charge in [-0.2, -0.15) is 0 Å². The lowest BCUT2D eigenvalue weighted by Gasteiger charge is -2.13. The number of nitro groups is 1. The molecule has 3 rings (SSSR count). The van der Waals surface area contributed by atoms with Crippen molar-refractivity contribution in [2.75, 3.05) is 5.32 Å². The van der Waals surface area contributed by atoms with E-state index in [0.29, 0.717) is 10.2 Å². The highest BCUT2D eigenvalue weighted by molar-refractivity contribution is 8.00. The molecule has 3 aromatic rings. The maximum atomic E-state index is 12.5. The molecule has 1 amide bonds. The highest BCUT2D eigenvalue weighted by atomic mass is 35.5. The van der Waals surface area contributed by atoms with Crippen molar-refractivity contribution < 1.29 is 9.72 Å². The van der Waals surface area contributed by atoms with Gasteiger partial charge in [0.1, 0.15) is 5.69 Å². The first kappa shape index (κ1) is 18.9. The van der Waals surface area contributed by atoms with Gasteiger partial charge in [0.15, 0.2) is 5.16 Å². The molecule has 1 aromatic heterocycles. The number of rotatable bonds is 6. The number of carbonyl (C=O) groups is 1. The van der Waals surface area contributed by atoms with Gasteiger partial charge in [-0.05, 0) is 31.2 Å². The first-order chi connectivity index (χ1) is 13.0. The van der Waals surface area contributed by atoms with Crippen LogP contribution in [0.4, 0.5) is 11.4 Å². The van der Waals surface area contributed by atoms with E-state index in [0.717, 1.165) is 5.69 Å². The second-order valence-corrected chi connectivity index (χ2v) is 7.33. The first-order valence-electron chi connectivity index (χ1n) is 7.96. The Morgan fingerprint density at radius 1 is 1.30 bits per heavy atom. The maximum Gasteiger partial charge on any atom is 0.292 e. The van der Waals surface area contributed by atoms with E-state index in [1.807, 2.05) is 16.7 Å². The van der Waals surface area contributed by atoms with Gasteiger partial charge in [-0.15, -0.1) is 0 Å². The fraction of sp³-hybridized carbons (Fsp3) is 0.111. The summed E-state index contributed by atoms with van der Waals surface area (Å²) >= 11 is 7.29. The van der Waals surface area contributed by atoms with Crippen molar-refractivity contribution in [1.82, 2.24) is 9.55 Å². The van der Waals surface area contributed by atoms with Gasteiger partial charge in [-0.25, -0.2) is 4.98 Å². The second kappa shape index (κ2) is 8.24. The number of amides is 1. The van der Waals surface area contributed by atoms with E-state index in [9.17, 15) is 14.9 Å². The molecule has 0 radical (unpaired) electrons. The number of anilines is 1. The first-order valence-corrected chi connectivity index (χ1v) is 9.21. The van der Waals surface area contributed by atoms with Crippen molar-refractivity contribution in [3.05, 3.63) is 76.1 Å². The predicted molar refractivity (Wildman–Crippen MR) is 106 cm³/mol. The van der Waals surface area contributed by atoms with Gasteiger partial charge in [-0.1, -0.05) is 41.6 Å². The van der Waals surface area contributed by atoms with Gasteiger partial charge >= 0.3 is 0 Å². The highest BCUT2D eigenvalue weighted by Crippen LogP contribution is 2.28. The van der Waals surface area contributed by atoms with Gasteiger partial charge in [0, 0.05) is 29.2 Å². The molecule has 0 saturated heterocycles. The van der Waals surface area contributed by atoms with Crippen molar-refractivity contribution in [2.24, 2.45) is 0 Å². The molecule has 0 aliphatic carbocycles. The Morgan fingerprint density at radius 3 is 2.81 bits per heavy atom. The second-order valence-electron chi connectivity index (χ2n) is 5.58. The summed E-state index contributed by atoms with van der Waals surface area (Å²) in [6.45, 7) is 1.71. The topological polar surface area (TPSA) is 90.1 Å². The Bertz CT molecular complexity index is 992. The minimum atomic E-state index is -0.528. The summed E-state index contributed by atoms with van der Waals surface area (Å²) in [6.07, 6.45) is 3.41. The third-order valence-corrected chi connectivity index (χ3v) is 5.02. The number of halogens is 1. The van der Waals surface area contributed by atoms with Crippen LogP contribution in [0.15, 0.2) is 66.1 Å². The molecule has 0 spiro atoms. The molecule has 0 aliphatic rings. The fourth-order valence-corrected chi connectivity index (χ4v) is 3.45. The molecular formula is C18H15ClN4O3S. The minimum Gasteiger partial charge on any atom is -0.319 e. The van der Waals surface area contributed by atoms with Crippen LogP contribution in [0.1, 0.15) is 6.92 Å². The van der Waals surface area contributed by atoms with Crippen LogP contribution in [0, 0.1) is 10.1 Å². The number of imidazole rings is 1. The third kappa shape index (κ3) is 4.47. The zero-order valence-corrected chi connectivity index (χ0v) is 15.8. The summed E-state index contributed by atoms with van der Waals surface area (Å²) in [5.74, 6) is -0.352. The molecule has 0 bridgehead atoms. The SMILES string of the molecule is CC(Sc1nccn1-c1cccc(Cl)c1)C(=O)Nc1ccccc1[N+](=O)[O-]. The molecule has 2 aromatic carbocycles. The van der Waals surface area contributed by atoms with Gasteiger partial charge in [0.2, 0.25) is 5.91 Å². The molecule has 9 heteroatoms. The van der Waals surface area contributed by atoms with Gasteiger partial charge in [0.25, 0.3) is 5.69 Å². The van der Waals surface area contributed by atoms with Crippen molar-refractivity contribution in [1.29, 1.82) is 0 Å². The Balaban J connectivity index is 1.75. The van der Waals surface area contributed by atoms with Crippen LogP contribution >= 0.6 is 23.4 Å². The molecule has 138 valence electrons. The van der Waals surface area contributed by atoms with E-state index < -0.39 is 10.2 Å². The lowest BCUT2D eigenvalue weighted by atomic mass is 10.2. The average Bonchev–Trinajstić information content (AvgIpc) is 3.10. The largest absolute Gasteiger partial charge is 0.319 e. The van der Waals surface area contributed by atoms with E-state index in [2.05, 4.69) is 10.3 Å². The smallest absolute Gasteiger partial charge is 0.292 e. The van der Waals surface area contributed by atoms with Gasteiger partial charge in [-0.3, -0.25) is 19.5 Å². The molecule has 1 heterocycles. The molecular weight excluding hydrogens is 388 g/mol. The van der Waals surface area contributed by atoms with Crippen molar-refractivity contribution in [2.45, 2.75) is 17.3 Å². The summed E-state index contributed by atoms with van der Waals surface area (Å²) in [6, 6.07) is 13.3. The zero-order valence-electron chi connectivity index (χ0n) is 14.2. The summed E-state index contributed by atoms with van der Waals surface area (Å²) in [7, 11) is 0. The molecule has 0 saturated carbocycles. The van der Waals surface area contributed by atoms with Crippen molar-refractivity contribution in [3.8, 4) is 5.69 Å². The number of nitrogens with one attached hydrogen (secondary N) is 1. The van der Waals surface area contributed by atoms with E-state index in [1.165, 1.54) is 23.9 Å². The van der Waals surface area contributed by atoms with E-state index >= 15 is 0 Å². The zero-order chi connectivity index (χ0) is 19.4. The summed E-state index contributed by atoms with van der Waals surface area (Å²) in [5.41, 5.74) is 0.843. The summed E-state index contributed by atoms with van der Waals surface area (Å²) in [4.78, 5) is 27.3. The molecule has 0 aliphatic heterocycles. The molecule has 1 atom stereocenters. The molecule has 27 heavy (non-hydrogen) atoms. The Hall–Kier alpha value is -2.84. The number of hydrogen-bond acceptors (Lipinski definition) is 5. The molecule has 0 fully saturated rings. The highest BCUT2D eigenvalue weighted by Gasteiger charge is 2.21. The molecule has 7 nitrogen and oxygen atoms in total. The van der Waals surface area contributed by atoms with Crippen molar-refractivity contribution >= 4 is 40.6 Å². The lowest BCUT2D eigenvalue weighted by molar-refractivity contribution is -0.383. The summed E-state index contributed by atoms with van der Waals surface area (Å²) in [5, 5.41) is 14.4. The normalized spacial score (nSPS) is 11.8. The fourth-order valence-electron chi connectivity index (χ4n) is 2.38. The van der Waals surface area contributed by atoms with Crippen LogP contribution in [-0.2, 0) is 4.79 Å². The number of hydrogen-bond donors (Lipinski definition) is 1. The summed E-state index contributed by atoms with van der Waals surface area (Å²) < 4.78 is 1.82. The van der Waals surface area contributed by atoms with Crippen LogP contribution in [0.2, 0.25) is 5.02 Å². The van der Waals surface area contributed by atoms with E-state index in [-0.39, 0.29) is 17.3 Å². The number of nitrogens with zero attached hydrogens (tertiary/aromatic N) is 3. The number of carbonyl (C=O) groups excluding carboxylic acids is 1. The Labute approximate surface area is 164 Å². The molecule has 1 unspecified atom stereocenters. The van der Waals surface area contributed by atoms with E-state index in [4.69, 9.17) is 11.6 Å². The standard InChI is InChI=1S/C18H15ClN4O3S/c1-12(17(24)21-15-7-2-3-8-16(15)23(25)26)27-18-20-9-10-22(18)14-6-4-5-13(19)11-14/h2-12H,1H3,(H,21,24). The number of para-hydroxylation sites is 2. The Morgan fingerprint density at radius 2 is 2.07 bits per heavy atom. The van der Waals surface area contributed by atoms with Gasteiger partial charge < -0.3 is 5.32 Å². The van der Waals surface area contributed by atoms with Gasteiger partial charge in [0.05, 0.1) is 10.2 Å². The quantitative estimate of drug-likeness (QED) is 0.371. The van der Waals surface area contributed by atoms with Crippen LogP contribution in [0.3, 0.4) is 0 Å². The number of aromatic nitrogens is 2.